The summed E-state index contributed by atoms with van der Waals surface area (Å²) in [4.78, 5) is 26.4. The summed E-state index contributed by atoms with van der Waals surface area (Å²) in [6.45, 7) is 2.80. The van der Waals surface area contributed by atoms with Gasteiger partial charge in [0.2, 0.25) is 11.8 Å². The molecular formula is C20H22ClN3O4. The summed E-state index contributed by atoms with van der Waals surface area (Å²) in [5, 5.41) is 6.21. The van der Waals surface area contributed by atoms with Crippen LogP contribution in [-0.2, 0) is 9.59 Å². The maximum Gasteiger partial charge on any atom is 0.241 e. The first-order valence-corrected chi connectivity index (χ1v) is 9.26. The Morgan fingerprint density at radius 2 is 1.68 bits per heavy atom. The summed E-state index contributed by atoms with van der Waals surface area (Å²) in [7, 11) is 1.72. The van der Waals surface area contributed by atoms with Crippen LogP contribution in [0.4, 0.5) is 11.4 Å². The van der Waals surface area contributed by atoms with Crippen molar-refractivity contribution >= 4 is 34.8 Å². The number of anilines is 2. The summed E-state index contributed by atoms with van der Waals surface area (Å²) in [5.41, 5.74) is 1.26. The molecule has 0 saturated heterocycles. The van der Waals surface area contributed by atoms with E-state index >= 15 is 0 Å². The molecule has 1 atom stereocenters. The van der Waals surface area contributed by atoms with E-state index in [2.05, 4.69) is 10.6 Å². The van der Waals surface area contributed by atoms with Gasteiger partial charge in [-0.15, -0.1) is 0 Å². The number of nitrogens with one attached hydrogen (secondary N) is 2. The molecule has 1 aliphatic heterocycles. The number of benzene rings is 2. The highest BCUT2D eigenvalue weighted by molar-refractivity contribution is 6.30. The molecule has 0 aromatic heterocycles. The molecule has 2 N–H and O–H groups in total. The fraction of sp³-hybridized carbons (Fsp3) is 0.300. The maximum atomic E-state index is 12.5. The number of amides is 2. The Morgan fingerprint density at radius 1 is 1.04 bits per heavy atom. The van der Waals surface area contributed by atoms with Crippen molar-refractivity contribution in [3.63, 3.8) is 0 Å². The molecule has 0 saturated carbocycles. The van der Waals surface area contributed by atoms with Gasteiger partial charge in [-0.05, 0) is 50.4 Å². The van der Waals surface area contributed by atoms with Gasteiger partial charge in [0.15, 0.2) is 11.5 Å². The molecule has 28 heavy (non-hydrogen) atoms. The molecule has 1 heterocycles. The van der Waals surface area contributed by atoms with Gasteiger partial charge in [-0.25, -0.2) is 0 Å². The van der Waals surface area contributed by atoms with E-state index in [9.17, 15) is 9.59 Å². The van der Waals surface area contributed by atoms with Crippen molar-refractivity contribution in [3.8, 4) is 11.5 Å². The van der Waals surface area contributed by atoms with Crippen LogP contribution in [0.3, 0.4) is 0 Å². The smallest absolute Gasteiger partial charge is 0.241 e. The van der Waals surface area contributed by atoms with Gasteiger partial charge in [0.05, 0.1) is 12.6 Å². The van der Waals surface area contributed by atoms with E-state index in [0.29, 0.717) is 41.1 Å². The summed E-state index contributed by atoms with van der Waals surface area (Å²) in [5.74, 6) is 0.822. The van der Waals surface area contributed by atoms with Crippen LogP contribution >= 0.6 is 11.6 Å². The maximum absolute atomic E-state index is 12.5. The minimum absolute atomic E-state index is 0.0678. The molecule has 0 radical (unpaired) electrons. The number of hydrogen-bond acceptors (Lipinski definition) is 5. The van der Waals surface area contributed by atoms with E-state index in [-0.39, 0.29) is 18.4 Å². The molecule has 7 nitrogen and oxygen atoms in total. The normalized spacial score (nSPS) is 13.7. The molecule has 8 heteroatoms. The minimum Gasteiger partial charge on any atom is -0.486 e. The fourth-order valence-electron chi connectivity index (χ4n) is 2.67. The van der Waals surface area contributed by atoms with Crippen LogP contribution < -0.4 is 20.1 Å². The van der Waals surface area contributed by atoms with Crippen LogP contribution in [0.25, 0.3) is 0 Å². The molecule has 1 aliphatic rings. The molecule has 0 bridgehead atoms. The highest BCUT2D eigenvalue weighted by Crippen LogP contribution is 2.32. The topological polar surface area (TPSA) is 79.9 Å². The summed E-state index contributed by atoms with van der Waals surface area (Å²) in [6.07, 6.45) is 0. The third kappa shape index (κ3) is 5.15. The van der Waals surface area contributed by atoms with Crippen molar-refractivity contribution in [3.05, 3.63) is 47.5 Å². The number of ether oxygens (including phenoxy) is 2. The molecule has 0 aliphatic carbocycles. The van der Waals surface area contributed by atoms with E-state index < -0.39 is 6.04 Å². The van der Waals surface area contributed by atoms with E-state index in [1.54, 1.807) is 61.3 Å². The van der Waals surface area contributed by atoms with E-state index in [4.69, 9.17) is 21.1 Å². The Bertz CT molecular complexity index is 857. The zero-order valence-electron chi connectivity index (χ0n) is 15.7. The lowest BCUT2D eigenvalue weighted by atomic mass is 10.2. The van der Waals surface area contributed by atoms with Gasteiger partial charge < -0.3 is 20.1 Å². The van der Waals surface area contributed by atoms with Crippen molar-refractivity contribution in [1.29, 1.82) is 0 Å². The van der Waals surface area contributed by atoms with Gasteiger partial charge in [0.1, 0.15) is 13.2 Å². The second kappa shape index (κ2) is 8.95. The average molecular weight is 404 g/mol. The lowest BCUT2D eigenvalue weighted by molar-refractivity contribution is -0.122. The molecule has 2 amide bonds. The van der Waals surface area contributed by atoms with Gasteiger partial charge in [0.25, 0.3) is 0 Å². The number of nitrogens with zero attached hydrogens (tertiary/aromatic N) is 1. The predicted octanol–water partition coefficient (Wildman–Crippen LogP) is 3.01. The number of halogens is 1. The van der Waals surface area contributed by atoms with Crippen LogP contribution in [0.1, 0.15) is 6.92 Å². The van der Waals surface area contributed by atoms with Crippen LogP contribution in [0.5, 0.6) is 11.5 Å². The third-order valence-corrected chi connectivity index (χ3v) is 4.62. The fourth-order valence-corrected chi connectivity index (χ4v) is 2.79. The zero-order valence-corrected chi connectivity index (χ0v) is 16.5. The minimum atomic E-state index is -0.510. The largest absolute Gasteiger partial charge is 0.486 e. The van der Waals surface area contributed by atoms with Crippen molar-refractivity contribution < 1.29 is 19.1 Å². The summed E-state index contributed by atoms with van der Waals surface area (Å²) >= 11 is 5.83. The number of fused-ring (bicyclic) bond motifs is 1. The monoisotopic (exact) mass is 403 g/mol. The first-order valence-electron chi connectivity index (χ1n) is 8.88. The molecule has 0 fully saturated rings. The number of carbonyl (C=O) groups is 2. The Kier molecular flexibility index (Phi) is 6.38. The SMILES string of the molecule is C[C@@H](C(=O)Nc1ccc2c(c1)OCCO2)N(C)CC(=O)Nc1ccc(Cl)cc1. The average Bonchev–Trinajstić information content (AvgIpc) is 2.69. The highest BCUT2D eigenvalue weighted by Gasteiger charge is 2.21. The van der Waals surface area contributed by atoms with Crippen LogP contribution in [0.15, 0.2) is 42.5 Å². The highest BCUT2D eigenvalue weighted by atomic mass is 35.5. The van der Waals surface area contributed by atoms with Crippen molar-refractivity contribution in [2.24, 2.45) is 0 Å². The van der Waals surface area contributed by atoms with E-state index in [1.807, 2.05) is 0 Å². The van der Waals surface area contributed by atoms with Crippen LogP contribution in [0, 0.1) is 0 Å². The summed E-state index contributed by atoms with van der Waals surface area (Å²) < 4.78 is 11.0. The Morgan fingerprint density at radius 3 is 2.39 bits per heavy atom. The van der Waals surface area contributed by atoms with Gasteiger partial charge in [-0.1, -0.05) is 11.6 Å². The number of rotatable bonds is 6. The third-order valence-electron chi connectivity index (χ3n) is 4.37. The van der Waals surface area contributed by atoms with Crippen LogP contribution in [-0.4, -0.2) is 49.6 Å². The van der Waals surface area contributed by atoms with Gasteiger partial charge in [-0.3, -0.25) is 14.5 Å². The summed E-state index contributed by atoms with van der Waals surface area (Å²) in [6, 6.07) is 11.6. The number of carbonyl (C=O) groups excluding carboxylic acids is 2. The predicted molar refractivity (Wildman–Crippen MR) is 108 cm³/mol. The Labute approximate surface area is 168 Å². The first-order chi connectivity index (χ1) is 13.4. The first kappa shape index (κ1) is 20.0. The van der Waals surface area contributed by atoms with E-state index in [0.717, 1.165) is 0 Å². The molecule has 148 valence electrons. The number of hydrogen-bond donors (Lipinski definition) is 2. The quantitative estimate of drug-likeness (QED) is 0.775. The molecule has 2 aromatic rings. The zero-order chi connectivity index (χ0) is 20.1. The van der Waals surface area contributed by atoms with Crippen LogP contribution in [0.2, 0.25) is 5.02 Å². The molecular weight excluding hydrogens is 382 g/mol. The van der Waals surface area contributed by atoms with Crippen molar-refractivity contribution in [2.75, 3.05) is 37.4 Å². The standard InChI is InChI=1S/C20H22ClN3O4/c1-13(24(2)12-19(25)22-15-5-3-14(21)4-6-15)20(26)23-16-7-8-17-18(11-16)28-10-9-27-17/h3-8,11,13H,9-10,12H2,1-2H3,(H,22,25)(H,23,26)/t13-/m0/s1. The van der Waals surface area contributed by atoms with Gasteiger partial charge >= 0.3 is 0 Å². The molecule has 2 aromatic carbocycles. The van der Waals surface area contributed by atoms with Gasteiger partial charge in [0, 0.05) is 22.5 Å². The van der Waals surface area contributed by atoms with Crippen molar-refractivity contribution in [2.45, 2.75) is 13.0 Å². The second-order valence-corrected chi connectivity index (χ2v) is 6.93. The van der Waals surface area contributed by atoms with Gasteiger partial charge in [-0.2, -0.15) is 0 Å². The Balaban J connectivity index is 1.53. The Hall–Kier alpha value is -2.77. The molecule has 0 spiro atoms. The molecule has 3 rings (SSSR count). The second-order valence-electron chi connectivity index (χ2n) is 6.49. The molecule has 0 unspecified atom stereocenters. The lowest BCUT2D eigenvalue weighted by Gasteiger charge is -2.24. The van der Waals surface area contributed by atoms with E-state index in [1.165, 1.54) is 0 Å². The lowest BCUT2D eigenvalue weighted by Crippen LogP contribution is -2.43. The van der Waals surface area contributed by atoms with Crippen molar-refractivity contribution in [1.82, 2.24) is 4.90 Å². The number of likely N-dealkylation sites (N-methyl/N-ethyl adjacent to an activating group) is 1.